The van der Waals surface area contributed by atoms with Gasteiger partial charge in [0.2, 0.25) is 34.5 Å². The lowest BCUT2D eigenvalue weighted by Crippen LogP contribution is -2.23. The van der Waals surface area contributed by atoms with Crippen molar-refractivity contribution in [2.24, 2.45) is 0 Å². The largest absolute Gasteiger partial charge is 0.504 e. The van der Waals surface area contributed by atoms with E-state index in [0.29, 0.717) is 43.8 Å². The summed E-state index contributed by atoms with van der Waals surface area (Å²) in [5, 5.41) is 114. The highest BCUT2D eigenvalue weighted by molar-refractivity contribution is 6.21. The highest BCUT2D eigenvalue weighted by atomic mass is 16.4. The number of phenolic OH excluding ortho intramolecular Hbond substituents is 10. The molecular formula is C50H32N4O10. The molecule has 1 unspecified atom stereocenters. The van der Waals surface area contributed by atoms with Crippen molar-refractivity contribution < 1.29 is 51.1 Å². The Hall–Kier alpha value is -9.04. The number of nitrogens with zero attached hydrogens (tertiary/aromatic N) is 4. The fourth-order valence-electron chi connectivity index (χ4n) is 9.25. The molecule has 0 saturated heterocycles. The lowest BCUT2D eigenvalue weighted by Gasteiger charge is -2.23. The van der Waals surface area contributed by atoms with Crippen LogP contribution in [0.3, 0.4) is 0 Å². The first-order chi connectivity index (χ1) is 30.9. The van der Waals surface area contributed by atoms with E-state index >= 15 is 0 Å². The van der Waals surface area contributed by atoms with Crippen LogP contribution in [0.4, 0.5) is 0 Å². The van der Waals surface area contributed by atoms with Crippen LogP contribution in [0.2, 0.25) is 0 Å². The topological polar surface area (TPSA) is 254 Å². The maximum atomic E-state index is 11.3. The molecule has 9 aromatic rings. The Balaban J connectivity index is 1.28. The third-order valence-corrected chi connectivity index (χ3v) is 12.2. The Labute approximate surface area is 360 Å². The fraction of sp³-hybridized carbons (Fsp3) is 0.0400. The lowest BCUT2D eigenvalue weighted by molar-refractivity contribution is 0.329. The Morgan fingerprint density at radius 1 is 0.438 bits per heavy atom. The van der Waals surface area contributed by atoms with Crippen LogP contribution < -0.4 is 10.4 Å². The number of allylic oxidation sites excluding steroid dienone is 2. The van der Waals surface area contributed by atoms with E-state index in [4.69, 9.17) is 15.0 Å². The van der Waals surface area contributed by atoms with Gasteiger partial charge in [-0.15, -0.1) is 0 Å². The number of rotatable bonds is 5. The van der Waals surface area contributed by atoms with Crippen molar-refractivity contribution in [3.8, 4) is 114 Å². The molecular weight excluding hydrogens is 817 g/mol. The van der Waals surface area contributed by atoms with E-state index in [1.165, 1.54) is 6.07 Å². The van der Waals surface area contributed by atoms with Gasteiger partial charge in [-0.05, 0) is 95.7 Å². The van der Waals surface area contributed by atoms with Gasteiger partial charge in [0.25, 0.3) is 0 Å². The summed E-state index contributed by atoms with van der Waals surface area (Å²) < 4.78 is 0. The minimum atomic E-state index is -1.16. The van der Waals surface area contributed by atoms with E-state index in [1.54, 1.807) is 36.7 Å². The van der Waals surface area contributed by atoms with Crippen molar-refractivity contribution in [3.63, 3.8) is 0 Å². The Morgan fingerprint density at radius 3 is 1.66 bits per heavy atom. The normalized spacial score (nSPS) is 13.9. The molecule has 1 atom stereocenters. The Bertz CT molecular complexity index is 3670. The molecule has 2 heterocycles. The maximum absolute atomic E-state index is 11.3. The molecule has 0 amide bonds. The first kappa shape index (κ1) is 37.9. The molecule has 2 aliphatic carbocycles. The van der Waals surface area contributed by atoms with Gasteiger partial charge in [0.1, 0.15) is 5.56 Å². The molecule has 2 aliphatic rings. The molecule has 312 valence electrons. The molecule has 0 radical (unpaired) electrons. The molecule has 0 aliphatic heterocycles. The van der Waals surface area contributed by atoms with Gasteiger partial charge >= 0.3 is 0 Å². The van der Waals surface area contributed by atoms with Crippen LogP contribution in [0.25, 0.3) is 101 Å². The smallest absolute Gasteiger partial charge is 0.208 e. The summed E-state index contributed by atoms with van der Waals surface area (Å²) in [5.74, 6) is -10.5. The fourth-order valence-corrected chi connectivity index (χ4v) is 9.25. The molecule has 14 heteroatoms. The van der Waals surface area contributed by atoms with E-state index < -0.39 is 63.1 Å². The van der Waals surface area contributed by atoms with E-state index in [2.05, 4.69) is 29.3 Å². The number of fused-ring (bicyclic) bond motifs is 2. The number of benzene rings is 7. The van der Waals surface area contributed by atoms with E-state index in [9.17, 15) is 51.1 Å². The number of pyridine rings is 1. The van der Waals surface area contributed by atoms with Crippen LogP contribution in [0.1, 0.15) is 17.9 Å². The second-order valence-corrected chi connectivity index (χ2v) is 15.6. The standard InChI is InChI=1S/C50H32N4O10/c55-38-35(39(56)43(60)46(63)42(38)59)25-12-14-29-31(20-25)33(24-16-18-51-19-17-24)26-6-1-2-7-27(26)36(29)49-52-48(53-50(54-49)37-40(57)44(61)47(64)45(62)41(37)58)30-15-11-23-9-8-21-4-3-5-22-10-13-28(30)34(23)32(21)22/h1-7,9-21,55-64H,8H2. The van der Waals surface area contributed by atoms with Crippen molar-refractivity contribution in [2.75, 3.05) is 0 Å². The second kappa shape index (κ2) is 13.7. The van der Waals surface area contributed by atoms with Gasteiger partial charge in [-0.2, -0.15) is 0 Å². The molecule has 11 rings (SSSR count). The van der Waals surface area contributed by atoms with Gasteiger partial charge in [-0.1, -0.05) is 78.9 Å². The zero-order valence-corrected chi connectivity index (χ0v) is 33.0. The highest BCUT2D eigenvalue weighted by Crippen LogP contribution is 2.57. The summed E-state index contributed by atoms with van der Waals surface area (Å²) in [6.45, 7) is 0. The molecule has 0 fully saturated rings. The molecule has 10 N–H and O–H groups in total. The molecule has 64 heavy (non-hydrogen) atoms. The SMILES string of the molecule is Oc1c(O)c(O)c(-c2ccc3c(-c4nc(-c5c(O)c(O)c(O)c(O)c5O)nc(-c5ccc6c7c8c(ccc57)=CC=CC8CC=6)n4)c4ccccc4c(-c4ccncc4)c3c2)c(O)c1O. The van der Waals surface area contributed by atoms with Crippen LogP contribution in [0.5, 0.6) is 57.5 Å². The Morgan fingerprint density at radius 2 is 0.984 bits per heavy atom. The van der Waals surface area contributed by atoms with Crippen LogP contribution >= 0.6 is 0 Å². The van der Waals surface area contributed by atoms with Crippen molar-refractivity contribution in [1.29, 1.82) is 0 Å². The number of hydrogen-bond acceptors (Lipinski definition) is 14. The zero-order chi connectivity index (χ0) is 44.3. The number of aromatic hydroxyl groups is 10. The minimum Gasteiger partial charge on any atom is -0.504 e. The van der Waals surface area contributed by atoms with Crippen LogP contribution in [-0.4, -0.2) is 71.0 Å². The van der Waals surface area contributed by atoms with Gasteiger partial charge in [0.15, 0.2) is 40.5 Å². The number of hydrogen-bond donors (Lipinski definition) is 10. The van der Waals surface area contributed by atoms with E-state index in [-0.39, 0.29) is 34.5 Å². The first-order valence-electron chi connectivity index (χ1n) is 19.9. The van der Waals surface area contributed by atoms with Gasteiger partial charge in [-0.3, -0.25) is 4.98 Å². The van der Waals surface area contributed by atoms with Crippen molar-refractivity contribution >= 4 is 44.5 Å². The Kier molecular flexibility index (Phi) is 8.14. The number of phenols is 10. The van der Waals surface area contributed by atoms with Crippen molar-refractivity contribution in [1.82, 2.24) is 19.9 Å². The highest BCUT2D eigenvalue weighted by Gasteiger charge is 2.30. The quantitative estimate of drug-likeness (QED) is 0.0452. The summed E-state index contributed by atoms with van der Waals surface area (Å²) in [6.07, 6.45) is 12.5. The first-order valence-corrected chi connectivity index (χ1v) is 19.9. The summed E-state index contributed by atoms with van der Waals surface area (Å²) in [4.78, 5) is 18.9. The molecule has 7 aromatic carbocycles. The van der Waals surface area contributed by atoms with E-state index in [1.807, 2.05) is 48.5 Å². The monoisotopic (exact) mass is 848 g/mol. The third-order valence-electron chi connectivity index (χ3n) is 12.2. The van der Waals surface area contributed by atoms with Crippen molar-refractivity contribution in [2.45, 2.75) is 12.3 Å². The minimum absolute atomic E-state index is 0.00897. The van der Waals surface area contributed by atoms with Gasteiger partial charge in [-0.25, -0.2) is 15.0 Å². The van der Waals surface area contributed by atoms with Gasteiger partial charge in [0, 0.05) is 29.4 Å². The average Bonchev–Trinajstić information content (AvgIpc) is 3.32. The van der Waals surface area contributed by atoms with Crippen LogP contribution in [0.15, 0.2) is 103 Å². The molecule has 0 bridgehead atoms. The predicted molar refractivity (Wildman–Crippen MR) is 239 cm³/mol. The molecule has 14 nitrogen and oxygen atoms in total. The van der Waals surface area contributed by atoms with E-state index in [0.717, 1.165) is 33.2 Å². The van der Waals surface area contributed by atoms with Crippen molar-refractivity contribution in [3.05, 3.63) is 119 Å². The summed E-state index contributed by atoms with van der Waals surface area (Å²) in [7, 11) is 0. The van der Waals surface area contributed by atoms with Gasteiger partial charge < -0.3 is 51.1 Å². The molecule has 2 aromatic heterocycles. The predicted octanol–water partition coefficient (Wildman–Crippen LogP) is 7.74. The summed E-state index contributed by atoms with van der Waals surface area (Å²) in [5.41, 5.74) is 2.67. The molecule has 0 spiro atoms. The second-order valence-electron chi connectivity index (χ2n) is 15.6. The summed E-state index contributed by atoms with van der Waals surface area (Å²) >= 11 is 0. The number of aromatic nitrogens is 4. The summed E-state index contributed by atoms with van der Waals surface area (Å²) in [6, 6.07) is 23.6. The molecule has 0 saturated carbocycles. The average molecular weight is 849 g/mol. The zero-order valence-electron chi connectivity index (χ0n) is 33.0. The van der Waals surface area contributed by atoms with Crippen LogP contribution in [-0.2, 0) is 0 Å². The van der Waals surface area contributed by atoms with Gasteiger partial charge in [0.05, 0.1) is 5.56 Å². The lowest BCUT2D eigenvalue weighted by atomic mass is 9.81. The van der Waals surface area contributed by atoms with Crippen LogP contribution in [0, 0.1) is 0 Å². The third kappa shape index (κ3) is 5.32. The maximum Gasteiger partial charge on any atom is 0.208 e.